The molecule has 10 N–H and O–H groups in total. The van der Waals surface area contributed by atoms with E-state index in [2.05, 4.69) is 40.3 Å². The average Bonchev–Trinajstić information content (AvgIpc) is 3.23. The van der Waals surface area contributed by atoms with Crippen LogP contribution in [0.4, 0.5) is 0 Å². The van der Waals surface area contributed by atoms with E-state index in [4.69, 9.17) is 37.9 Å². The Bertz CT molecular complexity index is 1550. The van der Waals surface area contributed by atoms with Crippen molar-refractivity contribution in [2.75, 3.05) is 0 Å². The molecule has 0 unspecified atom stereocenters. The highest BCUT2D eigenvalue weighted by Gasteiger charge is 2.61. The van der Waals surface area contributed by atoms with Crippen LogP contribution < -0.4 is 0 Å². The van der Waals surface area contributed by atoms with E-state index in [0.717, 1.165) is 18.4 Å². The van der Waals surface area contributed by atoms with Crippen molar-refractivity contribution >= 4 is 0 Å². The maximum absolute atomic E-state index is 12.1. The molecule has 62 heavy (non-hydrogen) atoms. The maximum Gasteiger partial charge on any atom is 0.187 e. The first kappa shape index (κ1) is 50.2. The Balaban J connectivity index is 1.26. The van der Waals surface area contributed by atoms with Crippen molar-refractivity contribution in [1.29, 1.82) is 0 Å². The van der Waals surface area contributed by atoms with Crippen molar-refractivity contribution < 1.29 is 89.0 Å². The summed E-state index contributed by atoms with van der Waals surface area (Å²) in [5, 5.41) is 107. The number of aliphatic hydroxyl groups is 10. The number of ether oxygens (including phenoxy) is 8. The third-order valence-corrected chi connectivity index (χ3v) is 15.7. The summed E-state index contributed by atoms with van der Waals surface area (Å²) in [5.74, 6) is 0.0857. The Morgan fingerprint density at radius 1 is 0.645 bits per heavy atom. The van der Waals surface area contributed by atoms with Gasteiger partial charge in [0.25, 0.3) is 0 Å². The van der Waals surface area contributed by atoms with E-state index >= 15 is 0 Å². The fraction of sp³-hybridized carbons (Fsp3) is 0.909. The van der Waals surface area contributed by atoms with Gasteiger partial charge in [0.15, 0.2) is 25.2 Å². The summed E-state index contributed by atoms with van der Waals surface area (Å²) in [4.78, 5) is 0. The van der Waals surface area contributed by atoms with Gasteiger partial charge < -0.3 is 89.0 Å². The highest BCUT2D eigenvalue weighted by atomic mass is 16.8. The van der Waals surface area contributed by atoms with Crippen LogP contribution in [-0.2, 0) is 37.9 Å². The minimum atomic E-state index is -1.73. The van der Waals surface area contributed by atoms with Crippen molar-refractivity contribution in [1.82, 2.24) is 0 Å². The molecule has 4 heterocycles. The van der Waals surface area contributed by atoms with Gasteiger partial charge in [-0.1, -0.05) is 38.5 Å². The average molecular weight is 891 g/mol. The van der Waals surface area contributed by atoms with Gasteiger partial charge in [-0.2, -0.15) is 0 Å². The number of aliphatic hydroxyl groups excluding tert-OH is 10. The normalized spacial score (nSPS) is 53.6. The second-order valence-corrected chi connectivity index (χ2v) is 19.6. The number of hydrogen-bond donors (Lipinski definition) is 10. The SMILES string of the molecule is C=C[C@](C)(CC[C@@]1(C)[C@H](C)C[C@H](O[C@@H]2O[C@@H](C)[C@H](O[C@@H]3O[C@H](C)[C@H](O)[C@H](O)[C@H]3O)[C@@H](O)[C@H]2O[C@@H]2O[C@H](C)[C@@H](O)[C@H](O)[C@H]2O)[C@@]2(C)C(C)=CCC[C@H]12)O[C@@H]1O[C@H](C)[C@H](O)[C@H](O)[C@H]1O. The molecule has 0 radical (unpaired) electrons. The zero-order chi connectivity index (χ0) is 46.0. The van der Waals surface area contributed by atoms with Crippen molar-refractivity contribution in [2.24, 2.45) is 22.7 Å². The molecule has 0 aromatic rings. The Kier molecular flexibility index (Phi) is 15.5. The Morgan fingerprint density at radius 3 is 1.63 bits per heavy atom. The summed E-state index contributed by atoms with van der Waals surface area (Å²) >= 11 is 0. The first-order chi connectivity index (χ1) is 28.9. The van der Waals surface area contributed by atoms with Gasteiger partial charge >= 0.3 is 0 Å². The third kappa shape index (κ3) is 9.23. The van der Waals surface area contributed by atoms with E-state index < -0.39 is 140 Å². The van der Waals surface area contributed by atoms with E-state index in [1.165, 1.54) is 13.8 Å². The minimum absolute atomic E-state index is 0.0372. The molecule has 0 aromatic carbocycles. The molecule has 4 aliphatic heterocycles. The maximum atomic E-state index is 12.1. The van der Waals surface area contributed by atoms with Gasteiger partial charge in [0, 0.05) is 5.41 Å². The number of rotatable bonds is 12. The molecular weight excluding hydrogens is 816 g/mol. The Hall–Kier alpha value is -1.24. The van der Waals surface area contributed by atoms with Crippen LogP contribution in [0.1, 0.15) is 94.4 Å². The molecule has 0 amide bonds. The first-order valence-electron chi connectivity index (χ1n) is 22.3. The fourth-order valence-electron chi connectivity index (χ4n) is 10.8. The number of hydrogen-bond acceptors (Lipinski definition) is 18. The molecule has 4 saturated heterocycles. The van der Waals surface area contributed by atoms with Crippen molar-refractivity contribution in [3.63, 3.8) is 0 Å². The van der Waals surface area contributed by atoms with Crippen LogP contribution in [0, 0.1) is 22.7 Å². The minimum Gasteiger partial charge on any atom is -0.388 e. The van der Waals surface area contributed by atoms with Gasteiger partial charge in [-0.05, 0) is 90.9 Å². The molecule has 0 bridgehead atoms. The van der Waals surface area contributed by atoms with Crippen molar-refractivity contribution in [3.8, 4) is 0 Å². The van der Waals surface area contributed by atoms with Gasteiger partial charge in [-0.25, -0.2) is 0 Å². The van der Waals surface area contributed by atoms with Crippen LogP contribution in [0.25, 0.3) is 0 Å². The Morgan fingerprint density at radius 2 is 1.11 bits per heavy atom. The van der Waals surface area contributed by atoms with Gasteiger partial charge in [0.1, 0.15) is 73.2 Å². The molecule has 18 nitrogen and oxygen atoms in total. The largest absolute Gasteiger partial charge is 0.388 e. The van der Waals surface area contributed by atoms with Crippen LogP contribution in [-0.4, -0.2) is 186 Å². The van der Waals surface area contributed by atoms with Crippen molar-refractivity contribution in [2.45, 2.75) is 229 Å². The standard InChI is InChI=1S/C44H74O18/c1-11-42(8,62-40-34(53)31(50)28(47)22(6)57-40)15-16-43(9)19(3)17-25(44(10)18(2)13-12-14-24(43)44)59-41-37(61-39-33(52)30(49)27(46)21(5)56-39)35(54)36(23(7)58-41)60-38-32(51)29(48)26(45)20(4)55-38/h11,13,19-41,45-54H,1,12,14-17H2,2-10H3/t19-,20-,21-,22-,23+,24-,25+,26+,27-,28+,29+,30+,31+,32-,33-,34-,35-,36+,37-,38+,39+,40+,41+,42-,43+,44+/m1/s1. The van der Waals surface area contributed by atoms with Crippen LogP contribution >= 0.6 is 0 Å². The van der Waals surface area contributed by atoms with E-state index in [0.29, 0.717) is 19.3 Å². The van der Waals surface area contributed by atoms with Crippen LogP contribution in [0.3, 0.4) is 0 Å². The summed E-state index contributed by atoms with van der Waals surface area (Å²) in [6.07, 6.45) is -20.3. The van der Waals surface area contributed by atoms with Gasteiger partial charge in [0.2, 0.25) is 0 Å². The smallest absolute Gasteiger partial charge is 0.187 e. The van der Waals surface area contributed by atoms with E-state index in [1.54, 1.807) is 19.9 Å². The molecule has 0 aromatic heterocycles. The van der Waals surface area contributed by atoms with Crippen LogP contribution in [0.5, 0.6) is 0 Å². The monoisotopic (exact) mass is 890 g/mol. The topological polar surface area (TPSA) is 276 Å². The lowest BCUT2D eigenvalue weighted by molar-refractivity contribution is -0.390. The van der Waals surface area contributed by atoms with E-state index in [1.807, 2.05) is 6.92 Å². The second-order valence-electron chi connectivity index (χ2n) is 19.6. The molecule has 26 atom stereocenters. The lowest BCUT2D eigenvalue weighted by atomic mass is 9.45. The van der Waals surface area contributed by atoms with Crippen LogP contribution in [0.2, 0.25) is 0 Å². The molecule has 6 aliphatic rings. The molecule has 2 aliphatic carbocycles. The summed E-state index contributed by atoms with van der Waals surface area (Å²) in [6, 6.07) is 0. The summed E-state index contributed by atoms with van der Waals surface area (Å²) in [7, 11) is 0. The Labute approximate surface area is 364 Å². The van der Waals surface area contributed by atoms with Gasteiger partial charge in [-0.3, -0.25) is 0 Å². The third-order valence-electron chi connectivity index (χ3n) is 15.7. The van der Waals surface area contributed by atoms with Gasteiger partial charge in [0.05, 0.1) is 36.1 Å². The molecule has 18 heteroatoms. The molecule has 6 rings (SSSR count). The van der Waals surface area contributed by atoms with E-state index in [9.17, 15) is 51.1 Å². The van der Waals surface area contributed by atoms with Crippen molar-refractivity contribution in [3.05, 3.63) is 24.3 Å². The summed E-state index contributed by atoms with van der Waals surface area (Å²) in [6.45, 7) is 20.8. The second kappa shape index (κ2) is 19.2. The van der Waals surface area contributed by atoms with Gasteiger partial charge in [-0.15, -0.1) is 6.58 Å². The molecule has 1 saturated carbocycles. The first-order valence-corrected chi connectivity index (χ1v) is 22.3. The molecule has 5 fully saturated rings. The highest BCUT2D eigenvalue weighted by molar-refractivity contribution is 5.24. The number of allylic oxidation sites excluding steroid dienone is 1. The quantitative estimate of drug-likeness (QED) is 0.114. The zero-order valence-electron chi connectivity index (χ0n) is 37.4. The highest BCUT2D eigenvalue weighted by Crippen LogP contribution is 2.63. The van der Waals surface area contributed by atoms with E-state index in [-0.39, 0.29) is 17.3 Å². The van der Waals surface area contributed by atoms with Crippen LogP contribution in [0.15, 0.2) is 24.3 Å². The zero-order valence-corrected chi connectivity index (χ0v) is 37.4. The number of fused-ring (bicyclic) bond motifs is 1. The summed E-state index contributed by atoms with van der Waals surface area (Å²) < 4.78 is 49.5. The molecule has 358 valence electrons. The predicted octanol–water partition coefficient (Wildman–Crippen LogP) is -0.120. The molecular formula is C44H74O18. The predicted molar refractivity (Wildman–Crippen MR) is 217 cm³/mol. The lowest BCUT2D eigenvalue weighted by Gasteiger charge is -2.62. The fourth-order valence-corrected chi connectivity index (χ4v) is 10.8. The summed E-state index contributed by atoms with van der Waals surface area (Å²) in [5.41, 5.74) is -0.753. The lowest BCUT2D eigenvalue weighted by Crippen LogP contribution is -2.66. The molecule has 0 spiro atoms.